The molecule has 0 aliphatic carbocycles. The minimum absolute atomic E-state index is 0.187. The highest BCUT2D eigenvalue weighted by Gasteiger charge is 2.07. The van der Waals surface area contributed by atoms with Crippen LogP contribution in [0.4, 0.5) is 0 Å². The van der Waals surface area contributed by atoms with E-state index in [1.54, 1.807) is 0 Å². The van der Waals surface area contributed by atoms with Gasteiger partial charge in [0.05, 0.1) is 6.04 Å². The number of aldehydes is 1. The minimum atomic E-state index is -0.269. The van der Waals surface area contributed by atoms with E-state index >= 15 is 0 Å². The lowest BCUT2D eigenvalue weighted by atomic mass is 10.1. The molecule has 0 amide bonds. The van der Waals surface area contributed by atoms with Crippen molar-refractivity contribution in [1.82, 2.24) is 5.32 Å². The molecule has 3 nitrogen and oxygen atoms in total. The first-order chi connectivity index (χ1) is 5.95. The van der Waals surface area contributed by atoms with Crippen molar-refractivity contribution in [1.29, 1.82) is 0 Å². The van der Waals surface area contributed by atoms with Crippen molar-refractivity contribution in [2.24, 2.45) is 5.73 Å². The predicted molar refractivity (Wildman–Crippen MR) is 55.6 cm³/mol. The van der Waals surface area contributed by atoms with Gasteiger partial charge in [0.1, 0.15) is 6.29 Å². The highest BCUT2D eigenvalue weighted by Crippen LogP contribution is 2.01. The molecule has 0 saturated heterocycles. The van der Waals surface area contributed by atoms with Crippen LogP contribution in [0.1, 0.15) is 40.0 Å². The Morgan fingerprint density at radius 3 is 2.46 bits per heavy atom. The summed E-state index contributed by atoms with van der Waals surface area (Å²) in [4.78, 5) is 10.2. The summed E-state index contributed by atoms with van der Waals surface area (Å²) in [6.07, 6.45) is 3.72. The fourth-order valence-corrected chi connectivity index (χ4v) is 1.04. The molecule has 0 saturated carbocycles. The Bertz CT molecular complexity index is 140. The standard InChI is InChI=1S/C10H22N2O/c1-10(2,3)12-7-5-4-6-9(11)8-13/h8-9,12H,4-7,11H2,1-3H3/t9-/m0/s1. The molecule has 0 bridgehead atoms. The van der Waals surface area contributed by atoms with Crippen LogP contribution in [0.5, 0.6) is 0 Å². The van der Waals surface area contributed by atoms with Crippen LogP contribution >= 0.6 is 0 Å². The zero-order valence-corrected chi connectivity index (χ0v) is 8.97. The topological polar surface area (TPSA) is 55.1 Å². The molecule has 0 aromatic rings. The van der Waals surface area contributed by atoms with Gasteiger partial charge in [0.15, 0.2) is 0 Å². The fraction of sp³-hybridized carbons (Fsp3) is 0.900. The van der Waals surface area contributed by atoms with E-state index in [4.69, 9.17) is 5.73 Å². The molecular weight excluding hydrogens is 164 g/mol. The minimum Gasteiger partial charge on any atom is -0.322 e. The van der Waals surface area contributed by atoms with Crippen LogP contribution in [-0.4, -0.2) is 24.4 Å². The lowest BCUT2D eigenvalue weighted by molar-refractivity contribution is -0.109. The molecule has 0 rings (SSSR count). The van der Waals surface area contributed by atoms with E-state index in [2.05, 4.69) is 26.1 Å². The smallest absolute Gasteiger partial charge is 0.136 e. The molecule has 3 N–H and O–H groups in total. The third kappa shape index (κ3) is 9.50. The first-order valence-corrected chi connectivity index (χ1v) is 4.91. The van der Waals surface area contributed by atoms with Gasteiger partial charge >= 0.3 is 0 Å². The number of unbranched alkanes of at least 4 members (excludes halogenated alkanes) is 1. The van der Waals surface area contributed by atoms with Gasteiger partial charge in [-0.15, -0.1) is 0 Å². The zero-order chi connectivity index (χ0) is 10.3. The molecule has 0 unspecified atom stereocenters. The summed E-state index contributed by atoms with van der Waals surface area (Å²) in [5.74, 6) is 0. The maximum atomic E-state index is 10.2. The molecule has 0 aliphatic heterocycles. The van der Waals surface area contributed by atoms with Gasteiger partial charge in [-0.2, -0.15) is 0 Å². The molecule has 0 aliphatic rings. The van der Waals surface area contributed by atoms with E-state index in [0.29, 0.717) is 0 Å². The molecule has 0 heterocycles. The number of carbonyl (C=O) groups is 1. The molecular formula is C10H22N2O. The van der Waals surface area contributed by atoms with Crippen molar-refractivity contribution in [2.75, 3.05) is 6.54 Å². The fourth-order valence-electron chi connectivity index (χ4n) is 1.04. The molecule has 13 heavy (non-hydrogen) atoms. The van der Waals surface area contributed by atoms with Crippen molar-refractivity contribution in [3.8, 4) is 0 Å². The van der Waals surface area contributed by atoms with Crippen molar-refractivity contribution >= 4 is 6.29 Å². The highest BCUT2D eigenvalue weighted by molar-refractivity contribution is 5.56. The van der Waals surface area contributed by atoms with Crippen LogP contribution < -0.4 is 11.1 Å². The van der Waals surface area contributed by atoms with Crippen LogP contribution in [-0.2, 0) is 4.79 Å². The van der Waals surface area contributed by atoms with E-state index in [-0.39, 0.29) is 11.6 Å². The number of nitrogens with two attached hydrogens (primary N) is 1. The SMILES string of the molecule is CC(C)(C)NCCCC[C@H](N)C=O. The van der Waals surface area contributed by atoms with Gasteiger partial charge in [0, 0.05) is 5.54 Å². The molecule has 0 fully saturated rings. The molecule has 0 aromatic heterocycles. The summed E-state index contributed by atoms with van der Waals surface area (Å²) in [5.41, 5.74) is 5.64. The lowest BCUT2D eigenvalue weighted by Gasteiger charge is -2.20. The summed E-state index contributed by atoms with van der Waals surface area (Å²) >= 11 is 0. The van der Waals surface area contributed by atoms with Crippen molar-refractivity contribution in [2.45, 2.75) is 51.6 Å². The summed E-state index contributed by atoms with van der Waals surface area (Å²) in [5, 5.41) is 3.38. The van der Waals surface area contributed by atoms with Crippen LogP contribution in [0.25, 0.3) is 0 Å². The summed E-state index contributed by atoms with van der Waals surface area (Å²) in [6.45, 7) is 7.42. The van der Waals surface area contributed by atoms with Crippen molar-refractivity contribution in [3.05, 3.63) is 0 Å². The van der Waals surface area contributed by atoms with Gasteiger partial charge in [-0.1, -0.05) is 6.42 Å². The molecule has 78 valence electrons. The van der Waals surface area contributed by atoms with Gasteiger partial charge in [-0.05, 0) is 40.2 Å². The molecule has 0 spiro atoms. The van der Waals surface area contributed by atoms with E-state index in [9.17, 15) is 4.79 Å². The molecule has 3 heteroatoms. The first-order valence-electron chi connectivity index (χ1n) is 4.91. The molecule has 0 aromatic carbocycles. The van der Waals surface area contributed by atoms with Crippen LogP contribution in [0.3, 0.4) is 0 Å². The van der Waals surface area contributed by atoms with Gasteiger partial charge in [0.2, 0.25) is 0 Å². The normalized spacial score (nSPS) is 14.2. The predicted octanol–water partition coefficient (Wildman–Crippen LogP) is 1.07. The van der Waals surface area contributed by atoms with Crippen molar-refractivity contribution in [3.63, 3.8) is 0 Å². The number of rotatable bonds is 6. The molecule has 1 atom stereocenters. The van der Waals surface area contributed by atoms with E-state index < -0.39 is 0 Å². The highest BCUT2D eigenvalue weighted by atomic mass is 16.1. The Morgan fingerprint density at radius 1 is 1.38 bits per heavy atom. The third-order valence-electron chi connectivity index (χ3n) is 1.79. The number of nitrogens with one attached hydrogen (secondary N) is 1. The second-order valence-corrected chi connectivity index (χ2v) is 4.47. The monoisotopic (exact) mass is 186 g/mol. The Hall–Kier alpha value is -0.410. The number of hydrogen-bond donors (Lipinski definition) is 2. The van der Waals surface area contributed by atoms with Crippen LogP contribution in [0.2, 0.25) is 0 Å². The van der Waals surface area contributed by atoms with E-state index in [1.165, 1.54) is 0 Å². The van der Waals surface area contributed by atoms with Gasteiger partial charge in [-0.3, -0.25) is 0 Å². The maximum Gasteiger partial charge on any atom is 0.136 e. The Balaban J connectivity index is 3.22. The number of hydrogen-bond acceptors (Lipinski definition) is 3. The summed E-state index contributed by atoms with van der Waals surface area (Å²) < 4.78 is 0. The second kappa shape index (κ2) is 6.11. The van der Waals surface area contributed by atoms with Crippen LogP contribution in [0, 0.1) is 0 Å². The average Bonchev–Trinajstić information content (AvgIpc) is 2.01. The van der Waals surface area contributed by atoms with Gasteiger partial charge < -0.3 is 15.8 Å². The Labute approximate surface area is 81.1 Å². The average molecular weight is 186 g/mol. The van der Waals surface area contributed by atoms with E-state index in [1.807, 2.05) is 0 Å². The molecule has 0 radical (unpaired) electrons. The van der Waals surface area contributed by atoms with Crippen molar-refractivity contribution < 1.29 is 4.79 Å². The number of carbonyl (C=O) groups excluding carboxylic acids is 1. The summed E-state index contributed by atoms with van der Waals surface area (Å²) in [6, 6.07) is -0.269. The Morgan fingerprint density at radius 2 is 2.00 bits per heavy atom. The zero-order valence-electron chi connectivity index (χ0n) is 8.97. The quantitative estimate of drug-likeness (QED) is 0.482. The Kier molecular flexibility index (Phi) is 5.91. The first kappa shape index (κ1) is 12.6. The maximum absolute atomic E-state index is 10.2. The van der Waals surface area contributed by atoms with Gasteiger partial charge in [-0.25, -0.2) is 0 Å². The summed E-state index contributed by atoms with van der Waals surface area (Å²) in [7, 11) is 0. The van der Waals surface area contributed by atoms with E-state index in [0.717, 1.165) is 32.1 Å². The third-order valence-corrected chi connectivity index (χ3v) is 1.79. The lowest BCUT2D eigenvalue weighted by Crippen LogP contribution is -2.36. The second-order valence-electron chi connectivity index (χ2n) is 4.47. The van der Waals surface area contributed by atoms with Crippen LogP contribution in [0.15, 0.2) is 0 Å². The van der Waals surface area contributed by atoms with Gasteiger partial charge in [0.25, 0.3) is 0 Å². The largest absolute Gasteiger partial charge is 0.322 e.